The summed E-state index contributed by atoms with van der Waals surface area (Å²) < 4.78 is 0. The number of carbonyl (C=O) groups is 2. The molecule has 2 aliphatic carbocycles. The van der Waals surface area contributed by atoms with E-state index in [4.69, 9.17) is 0 Å². The molecule has 2 fully saturated rings. The molecule has 0 radical (unpaired) electrons. The Morgan fingerprint density at radius 1 is 0.842 bits per heavy atom. The predicted molar refractivity (Wildman–Crippen MR) is 74.5 cm³/mol. The van der Waals surface area contributed by atoms with Crippen LogP contribution in [-0.2, 0) is 9.59 Å². The summed E-state index contributed by atoms with van der Waals surface area (Å²) in [6, 6.07) is 0. The zero-order chi connectivity index (χ0) is 14.2. The highest BCUT2D eigenvalue weighted by atomic mass is 16.2. The third kappa shape index (κ3) is 2.31. The Balaban J connectivity index is 2.28. The molecule has 1 spiro atoms. The maximum absolute atomic E-state index is 12.6. The number of allylic oxidation sites excluding steroid dienone is 2. The Kier molecular flexibility index (Phi) is 3.52. The highest BCUT2D eigenvalue weighted by molar-refractivity contribution is 6.22. The number of Topliss-reactive ketones (excluding diaryl/α,β-unsaturated/α-hetero) is 2. The van der Waals surface area contributed by atoms with Gasteiger partial charge in [-0.05, 0) is 25.7 Å². The van der Waals surface area contributed by atoms with Crippen molar-refractivity contribution in [1.29, 1.82) is 0 Å². The van der Waals surface area contributed by atoms with E-state index in [0.29, 0.717) is 12.8 Å². The summed E-state index contributed by atoms with van der Waals surface area (Å²) in [6.45, 7) is 0. The van der Waals surface area contributed by atoms with Crippen LogP contribution in [0.4, 0.5) is 0 Å². The second kappa shape index (κ2) is 4.83. The molecule has 0 aliphatic heterocycles. The molecule has 0 amide bonds. The van der Waals surface area contributed by atoms with E-state index in [2.05, 4.69) is 0 Å². The smallest absolute Gasteiger partial charge is 0.174 e. The number of hydrogen-bond donors (Lipinski definition) is 0. The second-order valence-corrected chi connectivity index (χ2v) is 5.98. The van der Waals surface area contributed by atoms with E-state index in [1.165, 1.54) is 0 Å². The molecule has 2 aliphatic rings. The number of rotatable bonds is 2. The van der Waals surface area contributed by atoms with E-state index in [1.54, 1.807) is 0 Å². The van der Waals surface area contributed by atoms with Gasteiger partial charge in [0, 0.05) is 51.7 Å². The third-order valence-electron chi connectivity index (χ3n) is 3.92. The second-order valence-electron chi connectivity index (χ2n) is 5.98. The van der Waals surface area contributed by atoms with Crippen molar-refractivity contribution >= 4 is 11.6 Å². The average Bonchev–Trinajstić information content (AvgIpc) is 2.77. The average molecular weight is 262 g/mol. The van der Waals surface area contributed by atoms with Gasteiger partial charge in [-0.1, -0.05) is 0 Å². The molecular formula is C15H22N2O2. The van der Waals surface area contributed by atoms with Crippen LogP contribution < -0.4 is 0 Å². The lowest BCUT2D eigenvalue weighted by Gasteiger charge is -2.18. The van der Waals surface area contributed by atoms with Gasteiger partial charge >= 0.3 is 0 Å². The van der Waals surface area contributed by atoms with Crippen LogP contribution in [0.15, 0.2) is 23.5 Å². The molecule has 2 rings (SSSR count). The Labute approximate surface area is 114 Å². The van der Waals surface area contributed by atoms with Crippen molar-refractivity contribution in [2.45, 2.75) is 25.7 Å². The van der Waals surface area contributed by atoms with Crippen LogP contribution in [0.1, 0.15) is 25.7 Å². The lowest BCUT2D eigenvalue weighted by Crippen LogP contribution is -2.31. The van der Waals surface area contributed by atoms with Crippen LogP contribution in [0.25, 0.3) is 0 Å². The van der Waals surface area contributed by atoms with Crippen molar-refractivity contribution in [1.82, 2.24) is 9.80 Å². The number of nitrogens with zero attached hydrogens (tertiary/aromatic N) is 2. The molecule has 4 heteroatoms. The number of hydrogen-bond acceptors (Lipinski definition) is 4. The first-order valence-electron chi connectivity index (χ1n) is 6.71. The van der Waals surface area contributed by atoms with Crippen molar-refractivity contribution in [3.05, 3.63) is 23.5 Å². The summed E-state index contributed by atoms with van der Waals surface area (Å²) >= 11 is 0. The Morgan fingerprint density at radius 2 is 1.21 bits per heavy atom. The van der Waals surface area contributed by atoms with Crippen molar-refractivity contribution in [2.75, 3.05) is 28.2 Å². The van der Waals surface area contributed by atoms with Crippen LogP contribution in [0.2, 0.25) is 0 Å². The molecule has 0 atom stereocenters. The zero-order valence-electron chi connectivity index (χ0n) is 12.2. The fourth-order valence-corrected chi connectivity index (χ4v) is 3.09. The third-order valence-corrected chi connectivity index (χ3v) is 3.92. The van der Waals surface area contributed by atoms with E-state index < -0.39 is 5.41 Å². The maximum atomic E-state index is 12.6. The molecule has 0 saturated heterocycles. The van der Waals surface area contributed by atoms with Crippen molar-refractivity contribution in [2.24, 2.45) is 5.41 Å². The summed E-state index contributed by atoms with van der Waals surface area (Å²) in [4.78, 5) is 28.9. The molecule has 0 bridgehead atoms. The molecule has 2 saturated carbocycles. The Bertz CT molecular complexity index is 429. The Hall–Kier alpha value is -1.58. The molecule has 0 aromatic carbocycles. The molecule has 0 N–H and O–H groups in total. The molecule has 4 nitrogen and oxygen atoms in total. The first kappa shape index (κ1) is 13.8. The normalized spacial score (nSPS) is 25.9. The van der Waals surface area contributed by atoms with E-state index in [9.17, 15) is 9.59 Å². The van der Waals surface area contributed by atoms with Crippen molar-refractivity contribution in [3.63, 3.8) is 0 Å². The highest BCUT2D eigenvalue weighted by Crippen LogP contribution is 2.49. The monoisotopic (exact) mass is 262 g/mol. The van der Waals surface area contributed by atoms with Gasteiger partial charge < -0.3 is 9.80 Å². The summed E-state index contributed by atoms with van der Waals surface area (Å²) in [7, 11) is 7.61. The fraction of sp³-hybridized carbons (Fsp3) is 0.600. The summed E-state index contributed by atoms with van der Waals surface area (Å²) in [5.74, 6) is 0.0988. The van der Waals surface area contributed by atoms with Gasteiger partial charge in [-0.2, -0.15) is 0 Å². The van der Waals surface area contributed by atoms with Crippen LogP contribution in [0, 0.1) is 5.41 Å². The lowest BCUT2D eigenvalue weighted by atomic mass is 9.82. The molecule has 0 unspecified atom stereocenters. The molecule has 0 aromatic rings. The zero-order valence-corrected chi connectivity index (χ0v) is 12.2. The lowest BCUT2D eigenvalue weighted by molar-refractivity contribution is -0.133. The van der Waals surface area contributed by atoms with Gasteiger partial charge in [0.2, 0.25) is 0 Å². The topological polar surface area (TPSA) is 40.6 Å². The minimum Gasteiger partial charge on any atom is -0.383 e. The maximum Gasteiger partial charge on any atom is 0.174 e. The predicted octanol–water partition coefficient (Wildman–Crippen LogP) is 1.59. The minimum atomic E-state index is -0.746. The molecular weight excluding hydrogens is 240 g/mol. The van der Waals surface area contributed by atoms with Crippen molar-refractivity contribution in [3.8, 4) is 0 Å². The van der Waals surface area contributed by atoms with Gasteiger partial charge in [0.05, 0.1) is 5.41 Å². The quantitative estimate of drug-likeness (QED) is 0.560. The van der Waals surface area contributed by atoms with Crippen molar-refractivity contribution < 1.29 is 9.59 Å². The van der Waals surface area contributed by atoms with Gasteiger partial charge in [0.25, 0.3) is 0 Å². The molecule has 104 valence electrons. The SMILES string of the molecule is CN(C)/C=C1\CCC2(CC/C(=C\N(C)C)C2=O)C1=O. The van der Waals surface area contributed by atoms with Crippen LogP contribution in [0.3, 0.4) is 0 Å². The van der Waals surface area contributed by atoms with Crippen LogP contribution in [-0.4, -0.2) is 49.6 Å². The first-order valence-corrected chi connectivity index (χ1v) is 6.71. The summed E-state index contributed by atoms with van der Waals surface area (Å²) in [5.41, 5.74) is 0.845. The molecule has 0 heterocycles. The minimum absolute atomic E-state index is 0.0494. The van der Waals surface area contributed by atoms with Gasteiger partial charge in [-0.3, -0.25) is 9.59 Å². The number of ketones is 2. The van der Waals surface area contributed by atoms with E-state index in [1.807, 2.05) is 50.4 Å². The number of carbonyl (C=O) groups excluding carboxylic acids is 2. The van der Waals surface area contributed by atoms with E-state index in [-0.39, 0.29) is 11.6 Å². The highest BCUT2D eigenvalue weighted by Gasteiger charge is 2.54. The summed E-state index contributed by atoms with van der Waals surface area (Å²) in [6.07, 6.45) is 6.51. The van der Waals surface area contributed by atoms with Crippen LogP contribution >= 0.6 is 0 Å². The van der Waals surface area contributed by atoms with Gasteiger partial charge in [0.1, 0.15) is 0 Å². The first-order chi connectivity index (χ1) is 8.86. The summed E-state index contributed by atoms with van der Waals surface area (Å²) in [5, 5.41) is 0. The van der Waals surface area contributed by atoms with Gasteiger partial charge in [-0.15, -0.1) is 0 Å². The standard InChI is InChI=1S/C15H22N2O2/c1-16(2)9-11-5-7-15(13(11)18)8-6-12(14(15)19)10-17(3)4/h9-10H,5-8H2,1-4H3/b11-9+,12-10+. The van der Waals surface area contributed by atoms with E-state index >= 15 is 0 Å². The van der Waals surface area contributed by atoms with Gasteiger partial charge in [-0.25, -0.2) is 0 Å². The Morgan fingerprint density at radius 3 is 1.53 bits per heavy atom. The van der Waals surface area contributed by atoms with E-state index in [0.717, 1.165) is 24.0 Å². The molecule has 19 heavy (non-hydrogen) atoms. The largest absolute Gasteiger partial charge is 0.383 e. The van der Waals surface area contributed by atoms with Gasteiger partial charge in [0.15, 0.2) is 11.6 Å². The molecule has 0 aromatic heterocycles. The van der Waals surface area contributed by atoms with Crippen LogP contribution in [0.5, 0.6) is 0 Å². The fourth-order valence-electron chi connectivity index (χ4n) is 3.09.